The molecule has 0 aliphatic heterocycles. The molecule has 1 aromatic carbocycles. The fourth-order valence-electron chi connectivity index (χ4n) is 0.925. The van der Waals surface area contributed by atoms with E-state index in [-0.39, 0.29) is 35.2 Å². The van der Waals surface area contributed by atoms with E-state index in [1.807, 2.05) is 0 Å². The molecule has 6 heteroatoms. The Labute approximate surface area is 113 Å². The maximum Gasteiger partial charge on any atom is 1.00 e. The molecule has 1 amide bonds. The van der Waals surface area contributed by atoms with E-state index in [4.69, 9.17) is 0 Å². The minimum Gasteiger partial charge on any atom is -0.623 e. The first-order valence-electron chi connectivity index (χ1n) is 3.99. The molecule has 16 heavy (non-hydrogen) atoms. The molecule has 0 bridgehead atoms. The van der Waals surface area contributed by atoms with Gasteiger partial charge in [-0.05, 0) is 6.08 Å². The third-order valence-electron chi connectivity index (χ3n) is 1.59. The maximum absolute atomic E-state index is 12.2. The topological polar surface area (TPSA) is 31.2 Å². The van der Waals surface area contributed by atoms with Crippen molar-refractivity contribution in [2.24, 2.45) is 0 Å². The van der Waals surface area contributed by atoms with Crippen LogP contribution in [0.1, 0.15) is 5.56 Å². The zero-order chi connectivity index (χ0) is 11.5. The first kappa shape index (κ1) is 15.2. The average molecular weight is 237 g/mol. The van der Waals surface area contributed by atoms with Crippen LogP contribution in [-0.2, 0) is 11.0 Å². The number of carbonyl (C=O) groups is 1. The Morgan fingerprint density at radius 1 is 1.38 bits per heavy atom. The van der Waals surface area contributed by atoms with Crippen LogP contribution in [0.4, 0.5) is 18.9 Å². The molecule has 1 rings (SSSR count). The van der Waals surface area contributed by atoms with Crippen LogP contribution in [0.3, 0.4) is 0 Å². The van der Waals surface area contributed by atoms with Gasteiger partial charge in [0.1, 0.15) is 0 Å². The van der Waals surface area contributed by atoms with Crippen molar-refractivity contribution in [3.8, 4) is 0 Å². The van der Waals surface area contributed by atoms with Crippen molar-refractivity contribution < 1.29 is 47.5 Å². The van der Waals surface area contributed by atoms with Gasteiger partial charge >= 0.3 is 35.7 Å². The average Bonchev–Trinajstić information content (AvgIpc) is 2.17. The predicted molar refractivity (Wildman–Crippen MR) is 49.7 cm³/mol. The third-order valence-corrected chi connectivity index (χ3v) is 1.59. The van der Waals surface area contributed by atoms with Crippen LogP contribution in [0.5, 0.6) is 0 Å². The molecule has 0 saturated carbocycles. The molecule has 0 fully saturated rings. The number of carbonyl (C=O) groups excluding carboxylic acids is 1. The van der Waals surface area contributed by atoms with Gasteiger partial charge in [-0.25, -0.2) is 0 Å². The first-order chi connectivity index (χ1) is 6.93. The summed E-state index contributed by atoms with van der Waals surface area (Å²) in [4.78, 5) is 10.8. The van der Waals surface area contributed by atoms with Gasteiger partial charge in [0.05, 0.1) is 11.5 Å². The maximum atomic E-state index is 12.2. The molecule has 0 spiro atoms. The van der Waals surface area contributed by atoms with Crippen molar-refractivity contribution in [2.75, 3.05) is 0 Å². The molecule has 80 valence electrons. The van der Waals surface area contributed by atoms with Crippen LogP contribution in [0.25, 0.3) is 5.32 Å². The molecular formula is C10H7F3NNaO. The summed E-state index contributed by atoms with van der Waals surface area (Å²) in [6.07, 6.45) is -3.50. The van der Waals surface area contributed by atoms with Gasteiger partial charge in [0.25, 0.3) is 0 Å². The van der Waals surface area contributed by atoms with Gasteiger partial charge < -0.3 is 10.1 Å². The molecule has 0 aliphatic carbocycles. The molecule has 0 aromatic heterocycles. The van der Waals surface area contributed by atoms with Crippen molar-refractivity contribution in [1.29, 1.82) is 0 Å². The van der Waals surface area contributed by atoms with E-state index in [0.717, 1.165) is 18.2 Å². The zero-order valence-corrected chi connectivity index (χ0v) is 10.6. The Hall–Kier alpha value is -0.780. The first-order valence-corrected chi connectivity index (χ1v) is 3.99. The normalized spacial score (nSPS) is 10.2. The molecular weight excluding hydrogens is 230 g/mol. The third kappa shape index (κ3) is 4.38. The van der Waals surface area contributed by atoms with Crippen LogP contribution >= 0.6 is 0 Å². The van der Waals surface area contributed by atoms with Gasteiger partial charge in [-0.1, -0.05) is 30.8 Å². The van der Waals surface area contributed by atoms with E-state index in [1.54, 1.807) is 0 Å². The summed E-state index contributed by atoms with van der Waals surface area (Å²) in [6, 6.07) is 4.23. The van der Waals surface area contributed by atoms with E-state index in [0.29, 0.717) is 0 Å². The SMILES string of the molecule is C=CC(=O)[N-]c1cccc(C(F)(F)F)c1.[Na+]. The van der Waals surface area contributed by atoms with E-state index in [9.17, 15) is 18.0 Å². The summed E-state index contributed by atoms with van der Waals surface area (Å²) in [7, 11) is 0. The van der Waals surface area contributed by atoms with Gasteiger partial charge in [0.15, 0.2) is 0 Å². The van der Waals surface area contributed by atoms with Crippen LogP contribution in [0.15, 0.2) is 36.9 Å². The van der Waals surface area contributed by atoms with Gasteiger partial charge in [-0.2, -0.15) is 13.2 Å². The van der Waals surface area contributed by atoms with E-state index >= 15 is 0 Å². The van der Waals surface area contributed by atoms with E-state index < -0.39 is 17.6 Å². The van der Waals surface area contributed by atoms with Crippen molar-refractivity contribution in [1.82, 2.24) is 0 Å². The predicted octanol–water partition coefficient (Wildman–Crippen LogP) is 0.427. The molecule has 0 aliphatic rings. The fourth-order valence-corrected chi connectivity index (χ4v) is 0.925. The summed E-state index contributed by atoms with van der Waals surface area (Å²) in [5, 5.41) is 3.39. The number of alkyl halides is 3. The van der Waals surface area contributed by atoms with Gasteiger partial charge in [-0.15, -0.1) is 5.69 Å². The van der Waals surface area contributed by atoms with Crippen molar-refractivity contribution >= 4 is 11.6 Å². The van der Waals surface area contributed by atoms with E-state index in [2.05, 4.69) is 11.9 Å². The fraction of sp³-hybridized carbons (Fsp3) is 0.100. The van der Waals surface area contributed by atoms with Crippen LogP contribution in [-0.4, -0.2) is 5.91 Å². The molecule has 2 nitrogen and oxygen atoms in total. The minimum atomic E-state index is -4.43. The largest absolute Gasteiger partial charge is 1.00 e. The quantitative estimate of drug-likeness (QED) is 0.542. The summed E-state index contributed by atoms with van der Waals surface area (Å²) >= 11 is 0. The van der Waals surface area contributed by atoms with Crippen molar-refractivity contribution in [3.63, 3.8) is 0 Å². The van der Waals surface area contributed by atoms with Crippen LogP contribution in [0.2, 0.25) is 0 Å². The zero-order valence-electron chi connectivity index (χ0n) is 8.58. The molecule has 1 aromatic rings. The molecule has 0 N–H and O–H groups in total. The van der Waals surface area contributed by atoms with Crippen molar-refractivity contribution in [2.45, 2.75) is 6.18 Å². The molecule has 0 unspecified atom stereocenters. The summed E-state index contributed by atoms with van der Waals surface area (Å²) in [5.41, 5.74) is -0.865. The smallest absolute Gasteiger partial charge is 0.623 e. The summed E-state index contributed by atoms with van der Waals surface area (Å²) in [6.45, 7) is 3.16. The van der Waals surface area contributed by atoms with Crippen molar-refractivity contribution in [3.05, 3.63) is 47.8 Å². The Morgan fingerprint density at radius 3 is 2.50 bits per heavy atom. The molecule has 0 heterocycles. The summed E-state index contributed by atoms with van der Waals surface area (Å²) < 4.78 is 36.7. The summed E-state index contributed by atoms with van der Waals surface area (Å²) in [5.74, 6) is -0.672. The Balaban J connectivity index is 0.00000225. The Kier molecular flexibility index (Phi) is 5.78. The van der Waals surface area contributed by atoms with Gasteiger partial charge in [-0.3, -0.25) is 0 Å². The second-order valence-corrected chi connectivity index (χ2v) is 2.70. The number of halogens is 3. The number of rotatable bonds is 2. The molecule has 0 radical (unpaired) electrons. The van der Waals surface area contributed by atoms with Crippen LogP contribution in [0, 0.1) is 0 Å². The standard InChI is InChI=1S/C10H8F3NO.Na/c1-2-9(15)14-8-5-3-4-7(6-8)10(11,12)13;/h2-6H,1H2,(H,14,15);/q;+1/p-1. The van der Waals surface area contributed by atoms with Gasteiger partial charge in [0, 0.05) is 0 Å². The monoisotopic (exact) mass is 237 g/mol. The molecule has 0 saturated heterocycles. The van der Waals surface area contributed by atoms with Crippen LogP contribution < -0.4 is 29.6 Å². The molecule has 0 atom stereocenters. The number of amides is 1. The minimum absolute atomic E-state index is 0. The number of hydrogen-bond acceptors (Lipinski definition) is 1. The number of benzene rings is 1. The number of hydrogen-bond donors (Lipinski definition) is 0. The second-order valence-electron chi connectivity index (χ2n) is 2.70. The van der Waals surface area contributed by atoms with E-state index in [1.165, 1.54) is 12.1 Å². The Morgan fingerprint density at radius 2 is 2.00 bits per heavy atom. The number of nitrogens with zero attached hydrogens (tertiary/aromatic N) is 1. The van der Waals surface area contributed by atoms with Gasteiger partial charge in [0.2, 0.25) is 0 Å². The second kappa shape index (κ2) is 6.08. The Bertz CT molecular complexity index is 390.